The van der Waals surface area contributed by atoms with E-state index in [0.717, 1.165) is 38.8 Å². The Labute approximate surface area is 165 Å². The molecule has 0 radical (unpaired) electrons. The Balaban J connectivity index is 1.59. The standard InChI is InChI=1S/C21H29N3O4/c1-21(2,19(26)27)16-7-9-17(10-8-16)22-18(25)15-6-5-13-24(14-15)20(28)23-11-3-4-12-23/h7-10,15H,3-6,11-14H2,1-2H3,(H,22,25)(H,26,27). The molecule has 152 valence electrons. The average molecular weight is 387 g/mol. The van der Waals surface area contributed by atoms with Gasteiger partial charge in [-0.25, -0.2) is 4.79 Å². The van der Waals surface area contributed by atoms with E-state index in [1.807, 2.05) is 4.90 Å². The summed E-state index contributed by atoms with van der Waals surface area (Å²) in [4.78, 5) is 40.3. The molecule has 3 amide bonds. The predicted molar refractivity (Wildman–Crippen MR) is 106 cm³/mol. The minimum atomic E-state index is -0.984. The number of likely N-dealkylation sites (tertiary alicyclic amines) is 2. The zero-order valence-electron chi connectivity index (χ0n) is 16.6. The molecule has 0 saturated carbocycles. The van der Waals surface area contributed by atoms with Gasteiger partial charge in [-0.1, -0.05) is 12.1 Å². The number of carbonyl (C=O) groups is 3. The Hall–Kier alpha value is -2.57. The van der Waals surface area contributed by atoms with Gasteiger partial charge in [-0.05, 0) is 57.2 Å². The maximum Gasteiger partial charge on any atom is 0.320 e. The lowest BCUT2D eigenvalue weighted by Crippen LogP contribution is -2.48. The first-order valence-corrected chi connectivity index (χ1v) is 9.97. The number of carboxylic acid groups (broad SMARTS) is 1. The zero-order chi connectivity index (χ0) is 20.3. The summed E-state index contributed by atoms with van der Waals surface area (Å²) in [7, 11) is 0. The van der Waals surface area contributed by atoms with Crippen molar-refractivity contribution in [2.45, 2.75) is 44.9 Å². The number of carbonyl (C=O) groups excluding carboxylic acids is 2. The number of carboxylic acids is 1. The van der Waals surface area contributed by atoms with Gasteiger partial charge in [0.15, 0.2) is 0 Å². The van der Waals surface area contributed by atoms with Gasteiger partial charge in [0.1, 0.15) is 0 Å². The van der Waals surface area contributed by atoms with Crippen molar-refractivity contribution in [1.82, 2.24) is 9.80 Å². The lowest BCUT2D eigenvalue weighted by atomic mass is 9.85. The van der Waals surface area contributed by atoms with Crippen LogP contribution in [0, 0.1) is 5.92 Å². The van der Waals surface area contributed by atoms with E-state index in [4.69, 9.17) is 0 Å². The van der Waals surface area contributed by atoms with Crippen molar-refractivity contribution < 1.29 is 19.5 Å². The fourth-order valence-electron chi connectivity index (χ4n) is 3.81. The number of nitrogens with zero attached hydrogens (tertiary/aromatic N) is 2. The second-order valence-corrected chi connectivity index (χ2v) is 8.26. The number of hydrogen-bond acceptors (Lipinski definition) is 3. The molecule has 3 rings (SSSR count). The van der Waals surface area contributed by atoms with Crippen LogP contribution in [0.4, 0.5) is 10.5 Å². The molecule has 2 heterocycles. The Kier molecular flexibility index (Phi) is 5.91. The van der Waals surface area contributed by atoms with Crippen molar-refractivity contribution in [2.24, 2.45) is 5.92 Å². The average Bonchev–Trinajstić information content (AvgIpc) is 3.22. The molecule has 0 bridgehead atoms. The molecule has 7 heteroatoms. The van der Waals surface area contributed by atoms with E-state index in [9.17, 15) is 19.5 Å². The molecule has 2 fully saturated rings. The van der Waals surface area contributed by atoms with Crippen LogP contribution in [0.25, 0.3) is 0 Å². The third-order valence-electron chi connectivity index (χ3n) is 5.85. The van der Waals surface area contributed by atoms with E-state index in [0.29, 0.717) is 24.3 Å². The predicted octanol–water partition coefficient (Wildman–Crippen LogP) is 2.92. The molecular formula is C21H29N3O4. The highest BCUT2D eigenvalue weighted by Gasteiger charge is 2.32. The highest BCUT2D eigenvalue weighted by molar-refractivity contribution is 5.93. The van der Waals surface area contributed by atoms with Crippen LogP contribution in [0.3, 0.4) is 0 Å². The largest absolute Gasteiger partial charge is 0.481 e. The number of rotatable bonds is 4. The van der Waals surface area contributed by atoms with Crippen molar-refractivity contribution in [3.63, 3.8) is 0 Å². The van der Waals surface area contributed by atoms with Gasteiger partial charge in [-0.3, -0.25) is 9.59 Å². The van der Waals surface area contributed by atoms with Gasteiger partial charge in [-0.2, -0.15) is 0 Å². The van der Waals surface area contributed by atoms with Crippen molar-refractivity contribution in [3.05, 3.63) is 29.8 Å². The normalized spacial score (nSPS) is 20.1. The van der Waals surface area contributed by atoms with Crippen LogP contribution >= 0.6 is 0 Å². The summed E-state index contributed by atoms with van der Waals surface area (Å²) in [6.07, 6.45) is 3.69. The second kappa shape index (κ2) is 8.20. The molecule has 2 aliphatic rings. The minimum absolute atomic E-state index is 0.0512. The van der Waals surface area contributed by atoms with Crippen LogP contribution < -0.4 is 5.32 Å². The number of anilines is 1. The lowest BCUT2D eigenvalue weighted by Gasteiger charge is -2.34. The van der Waals surface area contributed by atoms with Gasteiger partial charge in [0, 0.05) is 31.9 Å². The summed E-state index contributed by atoms with van der Waals surface area (Å²) >= 11 is 0. The summed E-state index contributed by atoms with van der Waals surface area (Å²) in [5, 5.41) is 12.2. The van der Waals surface area contributed by atoms with Crippen LogP contribution in [0.5, 0.6) is 0 Å². The van der Waals surface area contributed by atoms with E-state index in [1.54, 1.807) is 43.0 Å². The van der Waals surface area contributed by atoms with Gasteiger partial charge in [-0.15, -0.1) is 0 Å². The fourth-order valence-corrected chi connectivity index (χ4v) is 3.81. The number of piperidine rings is 1. The molecule has 1 atom stereocenters. The van der Waals surface area contributed by atoms with Crippen molar-refractivity contribution >= 4 is 23.6 Å². The topological polar surface area (TPSA) is 90.0 Å². The quantitative estimate of drug-likeness (QED) is 0.831. The minimum Gasteiger partial charge on any atom is -0.481 e. The Morgan fingerprint density at radius 1 is 1.00 bits per heavy atom. The Morgan fingerprint density at radius 2 is 1.61 bits per heavy atom. The number of nitrogens with one attached hydrogen (secondary N) is 1. The molecule has 1 aromatic rings. The summed E-state index contributed by atoms with van der Waals surface area (Å²) in [5.74, 6) is -1.21. The van der Waals surface area contributed by atoms with E-state index in [2.05, 4.69) is 5.32 Å². The molecule has 1 unspecified atom stereocenters. The second-order valence-electron chi connectivity index (χ2n) is 8.26. The molecule has 0 spiro atoms. The summed E-state index contributed by atoms with van der Waals surface area (Å²) < 4.78 is 0. The molecule has 2 N–H and O–H groups in total. The molecule has 2 aliphatic heterocycles. The smallest absolute Gasteiger partial charge is 0.320 e. The molecule has 28 heavy (non-hydrogen) atoms. The summed E-state index contributed by atoms with van der Waals surface area (Å²) in [5.41, 5.74) is 0.332. The molecule has 0 aromatic heterocycles. The van der Waals surface area contributed by atoms with Gasteiger partial charge in [0.2, 0.25) is 5.91 Å². The first-order chi connectivity index (χ1) is 13.3. The monoisotopic (exact) mass is 387 g/mol. The van der Waals surface area contributed by atoms with E-state index < -0.39 is 11.4 Å². The van der Waals surface area contributed by atoms with E-state index in [1.165, 1.54) is 0 Å². The van der Waals surface area contributed by atoms with Crippen LogP contribution in [-0.2, 0) is 15.0 Å². The SMILES string of the molecule is CC(C)(C(=O)O)c1ccc(NC(=O)C2CCCN(C(=O)N3CCCC3)C2)cc1. The molecular weight excluding hydrogens is 358 g/mol. The molecule has 1 aromatic carbocycles. The highest BCUT2D eigenvalue weighted by Crippen LogP contribution is 2.26. The third kappa shape index (κ3) is 4.29. The Bertz CT molecular complexity index is 739. The summed E-state index contributed by atoms with van der Waals surface area (Å²) in [6.45, 7) is 6.08. The Morgan fingerprint density at radius 3 is 2.21 bits per heavy atom. The van der Waals surface area contributed by atoms with Crippen LogP contribution in [-0.4, -0.2) is 59.0 Å². The van der Waals surface area contributed by atoms with Gasteiger partial charge >= 0.3 is 12.0 Å². The van der Waals surface area contributed by atoms with Crippen LogP contribution in [0.1, 0.15) is 45.1 Å². The third-order valence-corrected chi connectivity index (χ3v) is 5.85. The van der Waals surface area contributed by atoms with Gasteiger partial charge < -0.3 is 20.2 Å². The number of hydrogen-bond donors (Lipinski definition) is 2. The van der Waals surface area contributed by atoms with Crippen molar-refractivity contribution in [2.75, 3.05) is 31.5 Å². The van der Waals surface area contributed by atoms with Crippen LogP contribution in [0.15, 0.2) is 24.3 Å². The number of urea groups is 1. The van der Waals surface area contributed by atoms with Gasteiger partial charge in [0.05, 0.1) is 11.3 Å². The maximum atomic E-state index is 12.7. The van der Waals surface area contributed by atoms with Gasteiger partial charge in [0.25, 0.3) is 0 Å². The number of benzene rings is 1. The van der Waals surface area contributed by atoms with Crippen molar-refractivity contribution in [1.29, 1.82) is 0 Å². The maximum absolute atomic E-state index is 12.7. The fraction of sp³-hybridized carbons (Fsp3) is 0.571. The van der Waals surface area contributed by atoms with Crippen molar-refractivity contribution in [3.8, 4) is 0 Å². The first kappa shape index (κ1) is 20.2. The molecule has 2 saturated heterocycles. The lowest BCUT2D eigenvalue weighted by molar-refractivity contribution is -0.142. The van der Waals surface area contributed by atoms with E-state index >= 15 is 0 Å². The highest BCUT2D eigenvalue weighted by atomic mass is 16.4. The van der Waals surface area contributed by atoms with E-state index in [-0.39, 0.29) is 17.9 Å². The molecule has 7 nitrogen and oxygen atoms in total. The van der Waals surface area contributed by atoms with Crippen LogP contribution in [0.2, 0.25) is 0 Å². The summed E-state index contributed by atoms with van der Waals surface area (Å²) in [6, 6.07) is 6.97. The zero-order valence-corrected chi connectivity index (χ0v) is 16.6. The molecule has 0 aliphatic carbocycles. The number of amides is 3. The number of aliphatic carboxylic acids is 1. The first-order valence-electron chi connectivity index (χ1n) is 9.97.